The lowest BCUT2D eigenvalue weighted by Crippen LogP contribution is -2.02. The second-order valence-electron chi connectivity index (χ2n) is 2.68. The fraction of sp³-hybridized carbons (Fsp3) is 0.111. The molecule has 0 saturated carbocycles. The van der Waals surface area contributed by atoms with Gasteiger partial charge in [-0.05, 0) is 11.6 Å². The van der Waals surface area contributed by atoms with E-state index in [1.54, 1.807) is 18.3 Å². The van der Waals surface area contributed by atoms with Crippen LogP contribution in [0.5, 0.6) is 0 Å². The summed E-state index contributed by atoms with van der Waals surface area (Å²) in [6.07, 6.45) is 1.84. The van der Waals surface area contributed by atoms with E-state index in [4.69, 9.17) is 10.8 Å². The van der Waals surface area contributed by atoms with Crippen LogP contribution in [0.4, 0.5) is 5.82 Å². The van der Waals surface area contributed by atoms with Gasteiger partial charge in [0.2, 0.25) is 0 Å². The van der Waals surface area contributed by atoms with Crippen molar-refractivity contribution >= 4 is 11.8 Å². The number of hydrogen-bond acceptors (Lipinski definition) is 3. The molecule has 1 heterocycles. The van der Waals surface area contributed by atoms with Crippen LogP contribution in [-0.4, -0.2) is 16.1 Å². The van der Waals surface area contributed by atoms with Crippen molar-refractivity contribution in [2.75, 3.05) is 5.73 Å². The number of hydrogen-bond donors (Lipinski definition) is 2. The van der Waals surface area contributed by atoms with Crippen LogP contribution in [0.2, 0.25) is 0 Å². The molecule has 0 saturated heterocycles. The van der Waals surface area contributed by atoms with Crippen molar-refractivity contribution in [3.63, 3.8) is 0 Å². The van der Waals surface area contributed by atoms with Gasteiger partial charge in [-0.15, -0.1) is 0 Å². The van der Waals surface area contributed by atoms with Crippen molar-refractivity contribution in [3.8, 4) is 0 Å². The van der Waals surface area contributed by atoms with Gasteiger partial charge in [-0.1, -0.05) is 12.6 Å². The lowest BCUT2D eigenvalue weighted by Gasteiger charge is -2.00. The summed E-state index contributed by atoms with van der Waals surface area (Å²) in [6, 6.07) is 3.36. The molecule has 3 N–H and O–H groups in total. The zero-order chi connectivity index (χ0) is 9.84. The lowest BCUT2D eigenvalue weighted by atomic mass is 10.1. The van der Waals surface area contributed by atoms with Gasteiger partial charge in [-0.25, -0.2) is 9.78 Å². The van der Waals surface area contributed by atoms with Crippen LogP contribution >= 0.6 is 0 Å². The molecule has 4 nitrogen and oxygen atoms in total. The summed E-state index contributed by atoms with van der Waals surface area (Å²) in [5.74, 6) is -0.568. The van der Waals surface area contributed by atoms with E-state index in [9.17, 15) is 4.79 Å². The predicted octanol–water partition coefficient (Wildman–Crippen LogP) is 0.847. The number of nitrogens with two attached hydrogens (primary N) is 1. The molecule has 0 aliphatic carbocycles. The average Bonchev–Trinajstić information content (AvgIpc) is 2.08. The van der Waals surface area contributed by atoms with Gasteiger partial charge in [0.15, 0.2) is 0 Å². The minimum atomic E-state index is -0.989. The smallest absolute Gasteiger partial charge is 0.331 e. The fourth-order valence-electron chi connectivity index (χ4n) is 0.863. The maximum atomic E-state index is 10.4. The molecular formula is C9H10N2O2. The zero-order valence-electron chi connectivity index (χ0n) is 7.03. The van der Waals surface area contributed by atoms with E-state index in [2.05, 4.69) is 11.6 Å². The summed E-state index contributed by atoms with van der Waals surface area (Å²) >= 11 is 0. The lowest BCUT2D eigenvalue weighted by molar-refractivity contribution is -0.132. The van der Waals surface area contributed by atoms with Gasteiger partial charge in [-0.2, -0.15) is 0 Å². The highest BCUT2D eigenvalue weighted by atomic mass is 16.4. The van der Waals surface area contributed by atoms with E-state index in [0.29, 0.717) is 12.2 Å². The highest BCUT2D eigenvalue weighted by molar-refractivity contribution is 5.86. The molecule has 13 heavy (non-hydrogen) atoms. The van der Waals surface area contributed by atoms with Crippen molar-refractivity contribution in [3.05, 3.63) is 36.0 Å². The number of rotatable bonds is 3. The van der Waals surface area contributed by atoms with Crippen molar-refractivity contribution in [1.82, 2.24) is 4.98 Å². The summed E-state index contributed by atoms with van der Waals surface area (Å²) in [7, 11) is 0. The van der Waals surface area contributed by atoms with Gasteiger partial charge in [-0.3, -0.25) is 0 Å². The summed E-state index contributed by atoms with van der Waals surface area (Å²) in [5, 5.41) is 8.55. The molecule has 68 valence electrons. The van der Waals surface area contributed by atoms with E-state index in [0.717, 1.165) is 5.56 Å². The van der Waals surface area contributed by atoms with Crippen LogP contribution in [0.1, 0.15) is 5.56 Å². The average molecular weight is 178 g/mol. The van der Waals surface area contributed by atoms with Crippen LogP contribution in [-0.2, 0) is 11.2 Å². The number of pyridine rings is 1. The van der Waals surface area contributed by atoms with Crippen molar-refractivity contribution < 1.29 is 9.90 Å². The van der Waals surface area contributed by atoms with Crippen molar-refractivity contribution in [2.45, 2.75) is 6.42 Å². The molecule has 0 aliphatic heterocycles. The minimum Gasteiger partial charge on any atom is -0.478 e. The largest absolute Gasteiger partial charge is 0.478 e. The molecule has 0 radical (unpaired) electrons. The first-order valence-corrected chi connectivity index (χ1v) is 3.71. The minimum absolute atomic E-state index is 0.145. The highest BCUT2D eigenvalue weighted by Gasteiger charge is 2.04. The summed E-state index contributed by atoms with van der Waals surface area (Å²) in [4.78, 5) is 14.3. The molecule has 0 aromatic carbocycles. The molecule has 1 aromatic rings. The third-order valence-electron chi connectivity index (χ3n) is 1.57. The zero-order valence-corrected chi connectivity index (χ0v) is 7.03. The number of nitrogen functional groups attached to an aromatic ring is 1. The molecule has 0 atom stereocenters. The van der Waals surface area contributed by atoms with E-state index >= 15 is 0 Å². The topological polar surface area (TPSA) is 76.2 Å². The predicted molar refractivity (Wildman–Crippen MR) is 49.1 cm³/mol. The van der Waals surface area contributed by atoms with E-state index in [-0.39, 0.29) is 5.57 Å². The Balaban J connectivity index is 2.70. The van der Waals surface area contributed by atoms with Gasteiger partial charge >= 0.3 is 5.97 Å². The van der Waals surface area contributed by atoms with Crippen molar-refractivity contribution in [1.29, 1.82) is 0 Å². The quantitative estimate of drug-likeness (QED) is 0.672. The number of aromatic nitrogens is 1. The number of anilines is 1. The molecular weight excluding hydrogens is 168 g/mol. The SMILES string of the molecule is C=C(Cc1ccc(N)nc1)C(=O)O. The van der Waals surface area contributed by atoms with Gasteiger partial charge in [0, 0.05) is 18.2 Å². The third-order valence-corrected chi connectivity index (χ3v) is 1.57. The maximum absolute atomic E-state index is 10.4. The second-order valence-corrected chi connectivity index (χ2v) is 2.68. The Labute approximate surface area is 75.7 Å². The number of nitrogens with zero attached hydrogens (tertiary/aromatic N) is 1. The monoisotopic (exact) mass is 178 g/mol. The molecule has 1 aromatic heterocycles. The van der Waals surface area contributed by atoms with Gasteiger partial charge in [0.05, 0.1) is 0 Å². The Bertz CT molecular complexity index is 330. The fourth-order valence-corrected chi connectivity index (χ4v) is 0.863. The molecule has 4 heteroatoms. The van der Waals surface area contributed by atoms with Crippen molar-refractivity contribution in [2.24, 2.45) is 0 Å². The first kappa shape index (κ1) is 9.25. The Morgan fingerprint density at radius 3 is 2.77 bits per heavy atom. The summed E-state index contributed by atoms with van der Waals surface area (Å²) < 4.78 is 0. The number of aliphatic carboxylic acids is 1. The Kier molecular flexibility index (Phi) is 2.64. The van der Waals surface area contributed by atoms with E-state index in [1.807, 2.05) is 0 Å². The Hall–Kier alpha value is -1.84. The molecule has 0 unspecified atom stereocenters. The Morgan fingerprint density at radius 2 is 2.31 bits per heavy atom. The second kappa shape index (κ2) is 3.71. The molecule has 0 spiro atoms. The summed E-state index contributed by atoms with van der Waals surface area (Å²) in [5.41, 5.74) is 6.31. The number of carboxylic acid groups (broad SMARTS) is 1. The number of carboxylic acids is 1. The van der Waals surface area contributed by atoms with Crippen LogP contribution < -0.4 is 5.73 Å². The first-order chi connectivity index (χ1) is 6.09. The number of carbonyl (C=O) groups is 1. The standard InChI is InChI=1S/C9H10N2O2/c1-6(9(12)13)4-7-2-3-8(10)11-5-7/h2-3,5H,1,4H2,(H2,10,11)(H,12,13). The first-order valence-electron chi connectivity index (χ1n) is 3.71. The van der Waals surface area contributed by atoms with E-state index in [1.165, 1.54) is 0 Å². The molecule has 0 aliphatic rings. The normalized spacial score (nSPS) is 9.54. The van der Waals surface area contributed by atoms with Gasteiger partial charge < -0.3 is 10.8 Å². The molecule has 0 amide bonds. The van der Waals surface area contributed by atoms with Crippen LogP contribution in [0, 0.1) is 0 Å². The van der Waals surface area contributed by atoms with E-state index < -0.39 is 5.97 Å². The van der Waals surface area contributed by atoms with Gasteiger partial charge in [0.25, 0.3) is 0 Å². The molecule has 0 bridgehead atoms. The Morgan fingerprint density at radius 1 is 1.62 bits per heavy atom. The third kappa shape index (κ3) is 2.59. The van der Waals surface area contributed by atoms with Crippen LogP contribution in [0.3, 0.4) is 0 Å². The highest BCUT2D eigenvalue weighted by Crippen LogP contribution is 2.06. The van der Waals surface area contributed by atoms with Gasteiger partial charge in [0.1, 0.15) is 5.82 Å². The van der Waals surface area contributed by atoms with Crippen LogP contribution in [0.15, 0.2) is 30.5 Å². The molecule has 1 rings (SSSR count). The molecule has 0 fully saturated rings. The summed E-state index contributed by atoms with van der Waals surface area (Å²) in [6.45, 7) is 3.41. The van der Waals surface area contributed by atoms with Crippen LogP contribution in [0.25, 0.3) is 0 Å². The maximum Gasteiger partial charge on any atom is 0.331 e.